The lowest BCUT2D eigenvalue weighted by Gasteiger charge is -2.27. The predicted octanol–water partition coefficient (Wildman–Crippen LogP) is 6.21. The second-order valence-electron chi connectivity index (χ2n) is 9.19. The smallest absolute Gasteiger partial charge is 0.307 e. The van der Waals surface area contributed by atoms with Crippen molar-refractivity contribution in [2.24, 2.45) is 0 Å². The van der Waals surface area contributed by atoms with Gasteiger partial charge in [0.05, 0.1) is 11.6 Å². The van der Waals surface area contributed by atoms with Crippen LogP contribution >= 0.6 is 23.2 Å². The fourth-order valence-electron chi connectivity index (χ4n) is 4.45. The van der Waals surface area contributed by atoms with Crippen LogP contribution in [0.5, 0.6) is 0 Å². The van der Waals surface area contributed by atoms with E-state index in [9.17, 15) is 10.1 Å². The van der Waals surface area contributed by atoms with Crippen molar-refractivity contribution in [3.05, 3.63) is 82.3 Å². The summed E-state index contributed by atoms with van der Waals surface area (Å²) in [5, 5.41) is 13.1. The molecular weight excluding hydrogens is 493 g/mol. The van der Waals surface area contributed by atoms with Crippen LogP contribution in [0.3, 0.4) is 0 Å². The monoisotopic (exact) mass is 521 g/mol. The fraction of sp³-hybridized carbons (Fsp3) is 0.286. The van der Waals surface area contributed by atoms with Gasteiger partial charge in [-0.3, -0.25) is 9.80 Å². The molecule has 1 atom stereocenters. The zero-order valence-corrected chi connectivity index (χ0v) is 21.9. The number of carbonyl (C=O) groups is 1. The number of benzene rings is 3. The molecule has 1 aliphatic rings. The van der Waals surface area contributed by atoms with Crippen LogP contribution in [0.1, 0.15) is 12.0 Å². The van der Waals surface area contributed by atoms with Crippen LogP contribution in [-0.2, 0) is 0 Å². The molecule has 1 unspecified atom stereocenters. The summed E-state index contributed by atoms with van der Waals surface area (Å²) >= 11 is 12.3. The van der Waals surface area contributed by atoms with Gasteiger partial charge in [-0.05, 0) is 80.7 Å². The van der Waals surface area contributed by atoms with Crippen molar-refractivity contribution in [1.82, 2.24) is 9.80 Å². The molecule has 0 spiro atoms. The topological polar surface area (TPSA) is 62.6 Å². The number of carbonyl (C=O) groups excluding carboxylic acids is 1. The molecule has 8 heteroatoms. The van der Waals surface area contributed by atoms with Gasteiger partial charge >= 0.3 is 6.03 Å². The second-order valence-corrected chi connectivity index (χ2v) is 10.1. The number of urea groups is 1. The molecule has 1 heterocycles. The quantitative estimate of drug-likeness (QED) is 0.401. The van der Waals surface area contributed by atoms with Crippen LogP contribution < -0.4 is 10.2 Å². The molecular formula is C28H29Cl2N5O. The van der Waals surface area contributed by atoms with Crippen molar-refractivity contribution >= 4 is 40.6 Å². The van der Waals surface area contributed by atoms with E-state index in [1.165, 1.54) is 0 Å². The summed E-state index contributed by atoms with van der Waals surface area (Å²) in [5.41, 5.74) is 3.87. The molecule has 0 saturated carbocycles. The molecule has 6 nitrogen and oxygen atoms in total. The Kier molecular flexibility index (Phi) is 8.50. The number of nitrogens with one attached hydrogen (secondary N) is 1. The Morgan fingerprint density at radius 3 is 2.42 bits per heavy atom. The molecule has 36 heavy (non-hydrogen) atoms. The molecule has 0 aromatic heterocycles. The van der Waals surface area contributed by atoms with Crippen LogP contribution in [0.15, 0.2) is 66.7 Å². The number of nitrogens with zero attached hydrogens (tertiary/aromatic N) is 4. The Bertz CT molecular complexity index is 1240. The maximum absolute atomic E-state index is 13.4. The van der Waals surface area contributed by atoms with E-state index in [0.717, 1.165) is 42.9 Å². The molecule has 0 bridgehead atoms. The average molecular weight is 522 g/mol. The van der Waals surface area contributed by atoms with Gasteiger partial charge < -0.3 is 10.2 Å². The third kappa shape index (κ3) is 6.57. The van der Waals surface area contributed by atoms with Crippen LogP contribution in [0, 0.1) is 11.3 Å². The van der Waals surface area contributed by atoms with E-state index in [1.54, 1.807) is 29.2 Å². The SMILES string of the molecule is CN(C)C1CCN(CCN(C(=O)Nc2cc(Cl)cc(Cl)c2)c2ccc(-c3cccc(C#N)c3)cc2)C1. The van der Waals surface area contributed by atoms with Gasteiger partial charge in [0.25, 0.3) is 0 Å². The van der Waals surface area contributed by atoms with Gasteiger partial charge in [0.1, 0.15) is 0 Å². The van der Waals surface area contributed by atoms with E-state index in [0.29, 0.717) is 33.9 Å². The lowest BCUT2D eigenvalue weighted by atomic mass is 10.0. The van der Waals surface area contributed by atoms with Crippen molar-refractivity contribution in [1.29, 1.82) is 5.26 Å². The van der Waals surface area contributed by atoms with Crippen molar-refractivity contribution < 1.29 is 4.79 Å². The van der Waals surface area contributed by atoms with Gasteiger partial charge in [-0.2, -0.15) is 5.26 Å². The van der Waals surface area contributed by atoms with E-state index in [4.69, 9.17) is 23.2 Å². The standard InChI is InChI=1S/C28H29Cl2N5O/c1-33(2)27-10-11-34(19-27)12-13-35(28(36)32-25-16-23(29)15-24(30)17-25)26-8-6-21(7-9-26)22-5-3-4-20(14-22)18-31/h3-9,14-17,27H,10-13,19H2,1-2H3,(H,32,36). The third-order valence-corrected chi connectivity index (χ3v) is 6.92. The number of nitriles is 1. The van der Waals surface area contributed by atoms with Crippen molar-refractivity contribution in [3.63, 3.8) is 0 Å². The Morgan fingerprint density at radius 1 is 1.06 bits per heavy atom. The fourth-order valence-corrected chi connectivity index (χ4v) is 4.97. The van der Waals surface area contributed by atoms with Crippen LogP contribution in [0.4, 0.5) is 16.2 Å². The Morgan fingerprint density at radius 2 is 1.78 bits per heavy atom. The largest absolute Gasteiger partial charge is 0.326 e. The summed E-state index contributed by atoms with van der Waals surface area (Å²) in [6, 6.07) is 22.7. The first kappa shape index (κ1) is 26.0. The molecule has 186 valence electrons. The summed E-state index contributed by atoms with van der Waals surface area (Å²) in [6.07, 6.45) is 1.12. The summed E-state index contributed by atoms with van der Waals surface area (Å²) < 4.78 is 0. The molecule has 2 amide bonds. The first-order valence-electron chi connectivity index (χ1n) is 11.9. The van der Waals surface area contributed by atoms with Crippen LogP contribution in [-0.4, -0.2) is 62.1 Å². The summed E-state index contributed by atoms with van der Waals surface area (Å²) in [6.45, 7) is 3.29. The highest BCUT2D eigenvalue weighted by molar-refractivity contribution is 6.35. The van der Waals surface area contributed by atoms with Gasteiger partial charge in [0.2, 0.25) is 0 Å². The second kappa shape index (κ2) is 11.8. The highest BCUT2D eigenvalue weighted by Crippen LogP contribution is 2.26. The first-order valence-corrected chi connectivity index (χ1v) is 12.6. The summed E-state index contributed by atoms with van der Waals surface area (Å²) in [4.78, 5) is 19.8. The Labute approximate surface area is 222 Å². The minimum Gasteiger partial charge on any atom is -0.307 e. The van der Waals surface area contributed by atoms with Crippen molar-refractivity contribution in [3.8, 4) is 17.2 Å². The number of anilines is 2. The van der Waals surface area contributed by atoms with Crippen molar-refractivity contribution in [2.45, 2.75) is 12.5 Å². The molecule has 0 aliphatic carbocycles. The van der Waals surface area contributed by atoms with E-state index in [2.05, 4.69) is 35.3 Å². The molecule has 1 aliphatic heterocycles. The number of amides is 2. The maximum atomic E-state index is 13.4. The zero-order valence-electron chi connectivity index (χ0n) is 20.4. The Hall–Kier alpha value is -3.08. The average Bonchev–Trinajstić information content (AvgIpc) is 3.33. The zero-order chi connectivity index (χ0) is 25.7. The molecule has 0 radical (unpaired) electrons. The van der Waals surface area contributed by atoms with Crippen LogP contribution in [0.2, 0.25) is 10.0 Å². The van der Waals surface area contributed by atoms with E-state index < -0.39 is 0 Å². The number of halogens is 2. The maximum Gasteiger partial charge on any atom is 0.326 e. The lowest BCUT2D eigenvalue weighted by Crippen LogP contribution is -2.41. The summed E-state index contributed by atoms with van der Waals surface area (Å²) in [5.74, 6) is 0. The van der Waals surface area contributed by atoms with E-state index in [1.807, 2.05) is 42.5 Å². The molecule has 4 rings (SSSR count). The number of rotatable bonds is 7. The van der Waals surface area contributed by atoms with E-state index in [-0.39, 0.29) is 6.03 Å². The molecule has 1 saturated heterocycles. The van der Waals surface area contributed by atoms with Gasteiger partial charge in [0, 0.05) is 47.1 Å². The summed E-state index contributed by atoms with van der Waals surface area (Å²) in [7, 11) is 4.22. The minimum atomic E-state index is -0.254. The Balaban J connectivity index is 1.54. The number of hydrogen-bond donors (Lipinski definition) is 1. The van der Waals surface area contributed by atoms with Gasteiger partial charge in [-0.15, -0.1) is 0 Å². The lowest BCUT2D eigenvalue weighted by molar-refractivity contribution is 0.252. The predicted molar refractivity (Wildman–Crippen MR) is 148 cm³/mol. The normalized spacial score (nSPS) is 15.6. The molecule has 3 aromatic rings. The third-order valence-electron chi connectivity index (χ3n) is 6.48. The number of likely N-dealkylation sites (tertiary alicyclic amines) is 1. The van der Waals surface area contributed by atoms with E-state index >= 15 is 0 Å². The van der Waals surface area contributed by atoms with Gasteiger partial charge in [-0.25, -0.2) is 4.79 Å². The molecule has 3 aromatic carbocycles. The van der Waals surface area contributed by atoms with Gasteiger partial charge in [-0.1, -0.05) is 47.5 Å². The highest BCUT2D eigenvalue weighted by Gasteiger charge is 2.25. The number of hydrogen-bond acceptors (Lipinski definition) is 4. The van der Waals surface area contributed by atoms with Gasteiger partial charge in [0.15, 0.2) is 0 Å². The first-order chi connectivity index (χ1) is 17.3. The van der Waals surface area contributed by atoms with Crippen molar-refractivity contribution in [2.75, 3.05) is 50.5 Å². The highest BCUT2D eigenvalue weighted by atomic mass is 35.5. The molecule has 1 N–H and O–H groups in total. The number of likely N-dealkylation sites (N-methyl/N-ethyl adjacent to an activating group) is 1. The molecule has 1 fully saturated rings. The van der Waals surface area contributed by atoms with Crippen LogP contribution in [0.25, 0.3) is 11.1 Å². The minimum absolute atomic E-state index is 0.254.